The van der Waals surface area contributed by atoms with E-state index >= 15 is 0 Å². The highest BCUT2D eigenvalue weighted by Gasteiger charge is 2.49. The molecule has 5 rings (SSSR count). The van der Waals surface area contributed by atoms with Gasteiger partial charge in [0, 0.05) is 44.0 Å². The molecule has 8 heteroatoms. The molecular weight excluding hydrogens is 445 g/mol. The van der Waals surface area contributed by atoms with Crippen molar-refractivity contribution in [1.29, 1.82) is 0 Å². The number of ether oxygens (including phenoxy) is 1. The number of hydrogen-bond donors (Lipinski definition) is 1. The van der Waals surface area contributed by atoms with Gasteiger partial charge in [-0.15, -0.1) is 0 Å². The van der Waals surface area contributed by atoms with Gasteiger partial charge in [0.15, 0.2) is 0 Å². The number of para-hydroxylation sites is 1. The fourth-order valence-electron chi connectivity index (χ4n) is 5.23. The average Bonchev–Trinajstić information content (AvgIpc) is 3.23. The number of nitrogens with zero attached hydrogens (tertiary/aromatic N) is 4. The third kappa shape index (κ3) is 4.25. The van der Waals surface area contributed by atoms with E-state index in [9.17, 15) is 9.18 Å². The van der Waals surface area contributed by atoms with Crippen molar-refractivity contribution < 1.29 is 9.13 Å². The zero-order chi connectivity index (χ0) is 24.4. The molecular formula is C27H28FN5O2. The lowest BCUT2D eigenvalue weighted by Gasteiger charge is -2.48. The minimum Gasteiger partial charge on any atom is -0.424 e. The zero-order valence-corrected chi connectivity index (χ0v) is 19.8. The van der Waals surface area contributed by atoms with E-state index in [0.29, 0.717) is 18.7 Å². The second-order valence-corrected chi connectivity index (χ2v) is 8.92. The summed E-state index contributed by atoms with van der Waals surface area (Å²) in [6.07, 6.45) is 4.96. The van der Waals surface area contributed by atoms with Crippen molar-refractivity contribution in [3.05, 3.63) is 107 Å². The molecule has 1 saturated heterocycles. The number of hydrogen-bond acceptors (Lipinski definition) is 5. The molecule has 0 spiro atoms. The first-order chi connectivity index (χ1) is 17.0. The Labute approximate surface area is 203 Å². The van der Waals surface area contributed by atoms with Crippen LogP contribution < -0.4 is 15.6 Å². The maximum atomic E-state index is 14.0. The topological polar surface area (TPSA) is 74.0 Å². The number of nitrogens with one attached hydrogen (secondary N) is 1. The Kier molecular flexibility index (Phi) is 6.21. The van der Waals surface area contributed by atoms with Gasteiger partial charge in [0.2, 0.25) is 0 Å². The molecule has 1 aliphatic rings. The number of benzene rings is 2. The first-order valence-corrected chi connectivity index (χ1v) is 11.8. The molecule has 1 fully saturated rings. The zero-order valence-electron chi connectivity index (χ0n) is 19.8. The van der Waals surface area contributed by atoms with Crippen LogP contribution in [0.1, 0.15) is 36.9 Å². The van der Waals surface area contributed by atoms with Crippen molar-refractivity contribution in [3.8, 4) is 11.8 Å². The van der Waals surface area contributed by atoms with E-state index in [2.05, 4.69) is 17.2 Å². The molecule has 3 unspecified atom stereocenters. The van der Waals surface area contributed by atoms with Gasteiger partial charge in [0.25, 0.3) is 5.56 Å². The quantitative estimate of drug-likeness (QED) is 0.454. The number of piperidine rings is 1. The van der Waals surface area contributed by atoms with E-state index in [1.807, 2.05) is 48.1 Å². The fraction of sp³-hybridized carbons (Fsp3) is 0.296. The molecule has 0 saturated carbocycles. The van der Waals surface area contributed by atoms with E-state index in [-0.39, 0.29) is 29.3 Å². The largest absolute Gasteiger partial charge is 0.424 e. The van der Waals surface area contributed by atoms with Gasteiger partial charge in [-0.3, -0.25) is 9.48 Å². The first-order valence-electron chi connectivity index (χ1n) is 11.8. The Bertz CT molecular complexity index is 1350. The third-order valence-electron chi connectivity index (χ3n) is 6.88. The molecule has 0 radical (unpaired) electrons. The van der Waals surface area contributed by atoms with Crippen LogP contribution in [0.2, 0.25) is 0 Å². The maximum absolute atomic E-state index is 14.0. The summed E-state index contributed by atoms with van der Waals surface area (Å²) in [5, 5.41) is 3.62. The molecule has 3 atom stereocenters. The van der Waals surface area contributed by atoms with Gasteiger partial charge in [-0.25, -0.2) is 14.1 Å². The predicted molar refractivity (Wildman–Crippen MR) is 131 cm³/mol. The summed E-state index contributed by atoms with van der Waals surface area (Å²) >= 11 is 0. The summed E-state index contributed by atoms with van der Waals surface area (Å²) in [6, 6.07) is 19.7. The van der Waals surface area contributed by atoms with Gasteiger partial charge in [0.05, 0.1) is 5.69 Å². The second-order valence-electron chi connectivity index (χ2n) is 8.92. The standard InChI is InChI=1S/C27H28FN5O2/c1-3-21-17-27(19-9-11-20(28)12-10-19,33-25(34)14-16-32(33)2)23(18-30-21)24-13-15-29-26(31-24)35-22-7-5-4-6-8-22/h4-16,21,23,30H,3,17-18H2,1-2H3. The molecule has 180 valence electrons. The number of rotatable bonds is 6. The van der Waals surface area contributed by atoms with Gasteiger partial charge >= 0.3 is 6.01 Å². The molecule has 0 aliphatic carbocycles. The lowest BCUT2D eigenvalue weighted by Crippen LogP contribution is -2.58. The first kappa shape index (κ1) is 23.0. The van der Waals surface area contributed by atoms with Crippen LogP contribution >= 0.6 is 0 Å². The minimum absolute atomic E-state index is 0.117. The van der Waals surface area contributed by atoms with Gasteiger partial charge in [0.1, 0.15) is 17.1 Å². The third-order valence-corrected chi connectivity index (χ3v) is 6.88. The van der Waals surface area contributed by atoms with Gasteiger partial charge in [-0.1, -0.05) is 37.3 Å². The fourth-order valence-corrected chi connectivity index (χ4v) is 5.23. The van der Waals surface area contributed by atoms with Crippen LogP contribution in [0.15, 0.2) is 83.9 Å². The van der Waals surface area contributed by atoms with Crippen molar-refractivity contribution in [3.63, 3.8) is 0 Å². The van der Waals surface area contributed by atoms with E-state index in [0.717, 1.165) is 17.7 Å². The van der Waals surface area contributed by atoms with Crippen molar-refractivity contribution in [2.75, 3.05) is 6.54 Å². The molecule has 0 bridgehead atoms. The maximum Gasteiger partial charge on any atom is 0.322 e. The average molecular weight is 474 g/mol. The molecule has 4 aromatic rings. The van der Waals surface area contributed by atoms with E-state index < -0.39 is 5.54 Å². The highest BCUT2D eigenvalue weighted by atomic mass is 19.1. The van der Waals surface area contributed by atoms with Crippen molar-refractivity contribution in [1.82, 2.24) is 24.6 Å². The van der Waals surface area contributed by atoms with Crippen LogP contribution in [0.3, 0.4) is 0 Å². The molecule has 1 N–H and O–H groups in total. The van der Waals surface area contributed by atoms with Crippen molar-refractivity contribution >= 4 is 0 Å². The summed E-state index contributed by atoms with van der Waals surface area (Å²) < 4.78 is 23.5. The number of aryl methyl sites for hydroxylation is 1. The van der Waals surface area contributed by atoms with Gasteiger partial charge in [-0.05, 0) is 48.7 Å². The Morgan fingerprint density at radius 3 is 2.57 bits per heavy atom. The molecule has 3 heterocycles. The number of aromatic nitrogens is 4. The second kappa shape index (κ2) is 9.46. The van der Waals surface area contributed by atoms with E-state index in [1.165, 1.54) is 12.1 Å². The summed E-state index contributed by atoms with van der Waals surface area (Å²) in [5.41, 5.74) is 0.684. The Morgan fingerprint density at radius 1 is 1.11 bits per heavy atom. The predicted octanol–water partition coefficient (Wildman–Crippen LogP) is 4.21. The van der Waals surface area contributed by atoms with Crippen molar-refractivity contribution in [2.45, 2.75) is 37.3 Å². The van der Waals surface area contributed by atoms with Crippen LogP contribution in [0.4, 0.5) is 4.39 Å². The summed E-state index contributed by atoms with van der Waals surface area (Å²) in [7, 11) is 1.86. The highest BCUT2D eigenvalue weighted by molar-refractivity contribution is 5.35. The number of halogens is 1. The SMILES string of the molecule is CCC1CC(c2ccc(F)cc2)(n2c(=O)ccn2C)C(c2ccnc(Oc3ccccc3)n2)CN1. The lowest BCUT2D eigenvalue weighted by molar-refractivity contribution is 0.139. The Balaban J connectivity index is 1.68. The van der Waals surface area contributed by atoms with Crippen LogP contribution in [0.25, 0.3) is 0 Å². The molecule has 0 amide bonds. The monoisotopic (exact) mass is 473 g/mol. The molecule has 35 heavy (non-hydrogen) atoms. The van der Waals surface area contributed by atoms with Crippen LogP contribution in [-0.4, -0.2) is 31.9 Å². The van der Waals surface area contributed by atoms with Crippen LogP contribution in [-0.2, 0) is 12.6 Å². The lowest BCUT2D eigenvalue weighted by atomic mass is 9.69. The Hall–Kier alpha value is -3.78. The smallest absolute Gasteiger partial charge is 0.322 e. The summed E-state index contributed by atoms with van der Waals surface area (Å²) in [6.45, 7) is 2.70. The normalized spacial score (nSPS) is 22.1. The van der Waals surface area contributed by atoms with Crippen LogP contribution in [0.5, 0.6) is 11.8 Å². The highest BCUT2D eigenvalue weighted by Crippen LogP contribution is 2.45. The summed E-state index contributed by atoms with van der Waals surface area (Å²) in [4.78, 5) is 22.3. The molecule has 2 aromatic heterocycles. The Morgan fingerprint density at radius 2 is 1.89 bits per heavy atom. The van der Waals surface area contributed by atoms with Gasteiger partial charge in [-0.2, -0.15) is 4.98 Å². The van der Waals surface area contributed by atoms with Crippen molar-refractivity contribution in [2.24, 2.45) is 7.05 Å². The van der Waals surface area contributed by atoms with Gasteiger partial charge < -0.3 is 10.1 Å². The minimum atomic E-state index is -0.798. The van der Waals surface area contributed by atoms with E-state index in [4.69, 9.17) is 9.72 Å². The van der Waals surface area contributed by atoms with E-state index in [1.54, 1.807) is 35.3 Å². The van der Waals surface area contributed by atoms with Crippen LogP contribution in [0, 0.1) is 5.82 Å². The molecule has 2 aromatic carbocycles. The molecule has 7 nitrogen and oxygen atoms in total. The summed E-state index contributed by atoms with van der Waals surface area (Å²) in [5.74, 6) is 0.0744. The molecule has 1 aliphatic heterocycles.